The zero-order chi connectivity index (χ0) is 17.0. The molecule has 24 heavy (non-hydrogen) atoms. The molecule has 0 unspecified atom stereocenters. The average Bonchev–Trinajstić information content (AvgIpc) is 2.55. The summed E-state index contributed by atoms with van der Waals surface area (Å²) in [5.74, 6) is 1.46. The first kappa shape index (κ1) is 17.7. The number of hydrogen-bond donors (Lipinski definition) is 0. The minimum Gasteiger partial charge on any atom is -0.376 e. The minimum atomic E-state index is 0.178. The highest BCUT2D eigenvalue weighted by molar-refractivity contribution is 7.99. The van der Waals surface area contributed by atoms with Crippen LogP contribution < -0.4 is 0 Å². The fraction of sp³-hybridized carbons (Fsp3) is 0.667. The Morgan fingerprint density at radius 3 is 2.88 bits per heavy atom. The average molecular weight is 350 g/mol. The molecule has 0 bridgehead atoms. The summed E-state index contributed by atoms with van der Waals surface area (Å²) in [6.45, 7) is 4.30. The Kier molecular flexibility index (Phi) is 5.79. The van der Waals surface area contributed by atoms with Crippen molar-refractivity contribution >= 4 is 17.7 Å². The number of ether oxygens (including phenoxy) is 1. The Bertz CT molecular complexity index is 548. The third-order valence-corrected chi connectivity index (χ3v) is 5.85. The van der Waals surface area contributed by atoms with E-state index in [2.05, 4.69) is 16.9 Å². The highest BCUT2D eigenvalue weighted by Gasteiger charge is 2.50. The van der Waals surface area contributed by atoms with Crippen LogP contribution in [0.15, 0.2) is 24.5 Å². The largest absolute Gasteiger partial charge is 0.376 e. The fourth-order valence-electron chi connectivity index (χ4n) is 3.80. The van der Waals surface area contributed by atoms with Crippen LogP contribution in [0.5, 0.6) is 0 Å². The number of amides is 1. The molecule has 0 aromatic carbocycles. The molecule has 2 saturated heterocycles. The van der Waals surface area contributed by atoms with Crippen molar-refractivity contribution in [2.45, 2.75) is 25.0 Å². The van der Waals surface area contributed by atoms with Crippen molar-refractivity contribution in [2.75, 3.05) is 45.3 Å². The van der Waals surface area contributed by atoms with Gasteiger partial charge in [-0.05, 0) is 56.3 Å². The van der Waals surface area contributed by atoms with Crippen LogP contribution in [0.2, 0.25) is 0 Å². The van der Waals surface area contributed by atoms with Crippen LogP contribution in [0, 0.1) is 5.92 Å². The molecule has 3 heterocycles. The normalized spacial score (nSPS) is 23.2. The predicted octanol–water partition coefficient (Wildman–Crippen LogP) is 1.88. The van der Waals surface area contributed by atoms with Gasteiger partial charge in [-0.1, -0.05) is 0 Å². The second-order valence-corrected chi connectivity index (χ2v) is 7.92. The lowest BCUT2D eigenvalue weighted by atomic mass is 9.75. The molecule has 5 nitrogen and oxygen atoms in total. The van der Waals surface area contributed by atoms with Crippen LogP contribution in [-0.2, 0) is 16.1 Å². The number of likely N-dealkylation sites (N-methyl/N-ethyl adjacent to an activating group) is 1. The number of likely N-dealkylation sites (tertiary alicyclic amines) is 2. The molecule has 132 valence electrons. The van der Waals surface area contributed by atoms with Crippen LogP contribution in [0.4, 0.5) is 0 Å². The van der Waals surface area contributed by atoms with E-state index in [1.54, 1.807) is 24.2 Å². The van der Waals surface area contributed by atoms with E-state index in [1.165, 1.54) is 12.0 Å². The Hall–Kier alpha value is -1.11. The molecule has 0 saturated carbocycles. The number of aromatic nitrogens is 1. The molecule has 1 aromatic rings. The lowest BCUT2D eigenvalue weighted by Gasteiger charge is -2.58. The number of carbonyl (C=O) groups is 1. The van der Waals surface area contributed by atoms with Gasteiger partial charge in [-0.2, -0.15) is 11.8 Å². The number of rotatable bonds is 6. The van der Waals surface area contributed by atoms with Gasteiger partial charge in [-0.15, -0.1) is 0 Å². The lowest BCUT2D eigenvalue weighted by Crippen LogP contribution is -2.72. The van der Waals surface area contributed by atoms with Gasteiger partial charge in [0.1, 0.15) is 0 Å². The van der Waals surface area contributed by atoms with Gasteiger partial charge < -0.3 is 9.64 Å². The smallest absolute Gasteiger partial charge is 0.232 e. The summed E-state index contributed by atoms with van der Waals surface area (Å²) >= 11 is 1.60. The van der Waals surface area contributed by atoms with Gasteiger partial charge in [0, 0.05) is 32.1 Å². The molecule has 1 spiro atoms. The van der Waals surface area contributed by atoms with Crippen molar-refractivity contribution < 1.29 is 9.53 Å². The Morgan fingerprint density at radius 1 is 1.42 bits per heavy atom. The van der Waals surface area contributed by atoms with Crippen molar-refractivity contribution in [1.82, 2.24) is 14.8 Å². The van der Waals surface area contributed by atoms with Crippen LogP contribution in [0.1, 0.15) is 18.4 Å². The zero-order valence-corrected chi connectivity index (χ0v) is 15.4. The van der Waals surface area contributed by atoms with Crippen molar-refractivity contribution in [1.29, 1.82) is 0 Å². The molecule has 0 N–H and O–H groups in total. The topological polar surface area (TPSA) is 45.7 Å². The summed E-state index contributed by atoms with van der Waals surface area (Å²) < 4.78 is 5.94. The summed E-state index contributed by atoms with van der Waals surface area (Å²) in [7, 11) is 2.20. The predicted molar refractivity (Wildman–Crippen MR) is 96.9 cm³/mol. The maximum absolute atomic E-state index is 12.0. The lowest BCUT2D eigenvalue weighted by molar-refractivity contribution is -0.148. The Morgan fingerprint density at radius 2 is 2.17 bits per heavy atom. The second-order valence-electron chi connectivity index (χ2n) is 7.06. The number of hydrogen-bond acceptors (Lipinski definition) is 5. The van der Waals surface area contributed by atoms with Gasteiger partial charge in [0.25, 0.3) is 0 Å². The van der Waals surface area contributed by atoms with E-state index in [0.717, 1.165) is 32.7 Å². The van der Waals surface area contributed by atoms with Gasteiger partial charge >= 0.3 is 0 Å². The van der Waals surface area contributed by atoms with Gasteiger partial charge in [0.2, 0.25) is 5.91 Å². The highest BCUT2D eigenvalue weighted by Crippen LogP contribution is 2.38. The van der Waals surface area contributed by atoms with Crippen molar-refractivity contribution in [3.63, 3.8) is 0 Å². The molecule has 2 fully saturated rings. The summed E-state index contributed by atoms with van der Waals surface area (Å²) in [6.07, 6.45) is 7.89. The third-order valence-electron chi connectivity index (χ3n) is 5.31. The molecule has 1 atom stereocenters. The molecule has 1 aromatic heterocycles. The number of nitrogens with zero attached hydrogens (tertiary/aromatic N) is 3. The number of thioether (sulfide) groups is 1. The van der Waals surface area contributed by atoms with Crippen LogP contribution in [0.3, 0.4) is 0 Å². The first-order valence-electron chi connectivity index (χ1n) is 8.57. The molecule has 6 heteroatoms. The third kappa shape index (κ3) is 3.92. The standard InChI is InChI=1S/C18H27N3O2S/c1-20-8-5-16(11-23-10-15-3-6-19-7-4-15)9-18(20)13-21(14-18)17(22)12-24-2/h3-4,6-7,16H,5,8-14H2,1-2H3/t16-/m0/s1. The molecule has 0 aliphatic carbocycles. The van der Waals surface area contributed by atoms with E-state index in [-0.39, 0.29) is 11.4 Å². The van der Waals surface area contributed by atoms with Crippen molar-refractivity contribution in [3.05, 3.63) is 30.1 Å². The minimum absolute atomic E-state index is 0.178. The maximum atomic E-state index is 12.0. The highest BCUT2D eigenvalue weighted by atomic mass is 32.2. The van der Waals surface area contributed by atoms with Gasteiger partial charge in [0.15, 0.2) is 0 Å². The van der Waals surface area contributed by atoms with E-state index < -0.39 is 0 Å². The molecule has 1 amide bonds. The number of pyridine rings is 1. The summed E-state index contributed by atoms with van der Waals surface area (Å²) in [4.78, 5) is 20.5. The first-order valence-corrected chi connectivity index (χ1v) is 9.97. The molecule has 2 aliphatic heterocycles. The van der Waals surface area contributed by atoms with Crippen molar-refractivity contribution in [2.24, 2.45) is 5.92 Å². The van der Waals surface area contributed by atoms with Gasteiger partial charge in [-0.25, -0.2) is 0 Å². The molecule has 0 radical (unpaired) electrons. The quantitative estimate of drug-likeness (QED) is 0.785. The summed E-state index contributed by atoms with van der Waals surface area (Å²) in [5.41, 5.74) is 1.35. The fourth-order valence-corrected chi connectivity index (χ4v) is 4.23. The SMILES string of the molecule is CSCC(=O)N1CC2(C[C@@H](COCc3ccncc3)CCN2C)C1. The van der Waals surface area contributed by atoms with Gasteiger partial charge in [-0.3, -0.25) is 14.7 Å². The van der Waals surface area contributed by atoms with Crippen molar-refractivity contribution in [3.8, 4) is 0 Å². The van der Waals surface area contributed by atoms with E-state index in [0.29, 0.717) is 18.3 Å². The van der Waals surface area contributed by atoms with Crippen LogP contribution >= 0.6 is 11.8 Å². The Labute approximate surface area is 148 Å². The van der Waals surface area contributed by atoms with Crippen LogP contribution in [0.25, 0.3) is 0 Å². The number of carbonyl (C=O) groups excluding carboxylic acids is 1. The summed E-state index contributed by atoms with van der Waals surface area (Å²) in [6, 6.07) is 3.99. The Balaban J connectivity index is 1.47. The molecule has 2 aliphatic rings. The van der Waals surface area contributed by atoms with Crippen LogP contribution in [-0.4, -0.2) is 71.5 Å². The monoisotopic (exact) mass is 349 g/mol. The maximum Gasteiger partial charge on any atom is 0.232 e. The second kappa shape index (κ2) is 7.85. The van der Waals surface area contributed by atoms with E-state index in [9.17, 15) is 4.79 Å². The molecular weight excluding hydrogens is 322 g/mol. The molecular formula is C18H27N3O2S. The van der Waals surface area contributed by atoms with E-state index in [1.807, 2.05) is 23.3 Å². The van der Waals surface area contributed by atoms with Gasteiger partial charge in [0.05, 0.1) is 17.9 Å². The zero-order valence-electron chi connectivity index (χ0n) is 14.6. The number of piperidine rings is 1. The summed E-state index contributed by atoms with van der Waals surface area (Å²) in [5, 5.41) is 0. The first-order chi connectivity index (χ1) is 11.6. The van der Waals surface area contributed by atoms with E-state index >= 15 is 0 Å². The molecule has 3 rings (SSSR count). The van der Waals surface area contributed by atoms with E-state index in [4.69, 9.17) is 4.74 Å².